The smallest absolute Gasteiger partial charge is 0.119 e. The fraction of sp³-hybridized carbons (Fsp3) is 0.333. The molecule has 0 saturated carbocycles. The summed E-state index contributed by atoms with van der Waals surface area (Å²) in [5, 5.41) is 0. The van der Waals surface area contributed by atoms with E-state index in [-0.39, 0.29) is 0 Å². The van der Waals surface area contributed by atoms with Crippen LogP contribution >= 0.6 is 11.9 Å². The van der Waals surface area contributed by atoms with Gasteiger partial charge in [-0.15, -0.1) is 0 Å². The van der Waals surface area contributed by atoms with Crippen molar-refractivity contribution in [3.63, 3.8) is 0 Å². The summed E-state index contributed by atoms with van der Waals surface area (Å²) in [6.07, 6.45) is 2.00. The summed E-state index contributed by atoms with van der Waals surface area (Å²) in [6, 6.07) is 7.92. The predicted molar refractivity (Wildman–Crippen MR) is 54.7 cm³/mol. The first-order chi connectivity index (χ1) is 5.86. The van der Waals surface area contributed by atoms with Crippen LogP contribution in [0.1, 0.15) is 6.92 Å². The molecule has 0 unspecified atom stereocenters. The average Bonchev–Trinajstić information content (AvgIpc) is 2.09. The van der Waals surface area contributed by atoms with Crippen LogP contribution in [-0.4, -0.2) is 12.9 Å². The summed E-state index contributed by atoms with van der Waals surface area (Å²) in [4.78, 5) is 0. The van der Waals surface area contributed by atoms with E-state index in [1.807, 2.05) is 37.4 Å². The number of ether oxygens (including phenoxy) is 1. The van der Waals surface area contributed by atoms with Gasteiger partial charge in [0.1, 0.15) is 5.75 Å². The van der Waals surface area contributed by atoms with Crippen molar-refractivity contribution >= 4 is 17.6 Å². The molecule has 12 heavy (non-hydrogen) atoms. The lowest BCUT2D eigenvalue weighted by atomic mass is 10.3. The third kappa shape index (κ3) is 2.66. The zero-order valence-corrected chi connectivity index (χ0v) is 8.15. The van der Waals surface area contributed by atoms with Crippen molar-refractivity contribution in [3.8, 4) is 5.75 Å². The maximum absolute atomic E-state index is 5.30. The largest absolute Gasteiger partial charge is 0.494 e. The summed E-state index contributed by atoms with van der Waals surface area (Å²) in [5.74, 6) is 0.921. The Bertz CT molecular complexity index is 197. The monoisotopic (exact) mass is 183 g/mol. The second kappa shape index (κ2) is 4.93. The van der Waals surface area contributed by atoms with Gasteiger partial charge in [-0.2, -0.15) is 0 Å². The molecule has 1 aromatic rings. The zero-order valence-electron chi connectivity index (χ0n) is 7.33. The van der Waals surface area contributed by atoms with E-state index in [2.05, 4.69) is 4.72 Å². The van der Waals surface area contributed by atoms with Gasteiger partial charge in [0.25, 0.3) is 0 Å². The average molecular weight is 183 g/mol. The van der Waals surface area contributed by atoms with E-state index in [9.17, 15) is 0 Å². The van der Waals surface area contributed by atoms with Gasteiger partial charge in [-0.3, -0.25) is 0 Å². The first kappa shape index (κ1) is 9.26. The van der Waals surface area contributed by atoms with Crippen molar-refractivity contribution in [1.82, 2.24) is 0 Å². The highest BCUT2D eigenvalue weighted by Gasteiger charge is 1.91. The zero-order chi connectivity index (χ0) is 8.81. The number of rotatable bonds is 4. The molecule has 3 heteroatoms. The molecule has 2 nitrogen and oxygen atoms in total. The quantitative estimate of drug-likeness (QED) is 0.725. The van der Waals surface area contributed by atoms with Crippen LogP contribution in [0.25, 0.3) is 0 Å². The molecule has 0 aliphatic carbocycles. The van der Waals surface area contributed by atoms with Gasteiger partial charge in [0.2, 0.25) is 0 Å². The van der Waals surface area contributed by atoms with Crippen LogP contribution in [0.2, 0.25) is 0 Å². The van der Waals surface area contributed by atoms with Crippen molar-refractivity contribution in [2.24, 2.45) is 0 Å². The molecule has 0 saturated heterocycles. The molecule has 0 radical (unpaired) electrons. The van der Waals surface area contributed by atoms with Crippen molar-refractivity contribution in [1.29, 1.82) is 0 Å². The van der Waals surface area contributed by atoms with Gasteiger partial charge < -0.3 is 9.46 Å². The SMILES string of the molecule is CCOc1ccc(NSC)cc1. The molecular formula is C9H13NOS. The Kier molecular flexibility index (Phi) is 3.80. The van der Waals surface area contributed by atoms with Gasteiger partial charge in [0.05, 0.1) is 6.61 Å². The number of nitrogens with one attached hydrogen (secondary N) is 1. The van der Waals surface area contributed by atoms with Crippen LogP contribution in [-0.2, 0) is 0 Å². The van der Waals surface area contributed by atoms with E-state index < -0.39 is 0 Å². The Morgan fingerprint density at radius 3 is 2.50 bits per heavy atom. The van der Waals surface area contributed by atoms with Crippen molar-refractivity contribution in [3.05, 3.63) is 24.3 Å². The topological polar surface area (TPSA) is 21.3 Å². The Hall–Kier alpha value is -0.830. The predicted octanol–water partition coefficient (Wildman–Crippen LogP) is 2.78. The number of hydrogen-bond donors (Lipinski definition) is 1. The Balaban J connectivity index is 2.58. The molecule has 1 N–H and O–H groups in total. The van der Waals surface area contributed by atoms with Crippen molar-refractivity contribution < 1.29 is 4.74 Å². The summed E-state index contributed by atoms with van der Waals surface area (Å²) in [6.45, 7) is 2.70. The van der Waals surface area contributed by atoms with Gasteiger partial charge in [-0.05, 0) is 31.2 Å². The van der Waals surface area contributed by atoms with Crippen molar-refractivity contribution in [2.45, 2.75) is 6.92 Å². The minimum Gasteiger partial charge on any atom is -0.494 e. The Labute approximate surface area is 77.4 Å². The van der Waals surface area contributed by atoms with E-state index in [1.165, 1.54) is 0 Å². The van der Waals surface area contributed by atoms with Crippen LogP contribution < -0.4 is 9.46 Å². The maximum Gasteiger partial charge on any atom is 0.119 e. The van der Waals surface area contributed by atoms with Crippen molar-refractivity contribution in [2.75, 3.05) is 17.6 Å². The normalized spacial score (nSPS) is 9.50. The third-order valence-electron chi connectivity index (χ3n) is 1.39. The molecule has 0 aliphatic rings. The van der Waals surface area contributed by atoms with Crippen LogP contribution in [0.4, 0.5) is 5.69 Å². The minimum absolute atomic E-state index is 0.718. The highest BCUT2D eigenvalue weighted by Crippen LogP contribution is 2.17. The number of anilines is 1. The summed E-state index contributed by atoms with van der Waals surface area (Å²) < 4.78 is 8.44. The fourth-order valence-electron chi connectivity index (χ4n) is 0.904. The van der Waals surface area contributed by atoms with Gasteiger partial charge in [-0.1, -0.05) is 11.9 Å². The molecule has 66 valence electrons. The molecule has 0 fully saturated rings. The molecule has 0 aromatic heterocycles. The minimum atomic E-state index is 0.718. The van der Waals surface area contributed by atoms with E-state index in [1.54, 1.807) is 11.9 Å². The molecule has 1 aromatic carbocycles. The standard InChI is InChI=1S/C9H13NOS/c1-3-11-9-6-4-8(5-7-9)10-12-2/h4-7,10H,3H2,1-2H3. The second-order valence-corrected chi connectivity index (χ2v) is 2.88. The molecule has 1 rings (SSSR count). The first-order valence-electron chi connectivity index (χ1n) is 3.88. The molecule has 0 bridgehead atoms. The third-order valence-corrected chi connectivity index (χ3v) is 1.83. The van der Waals surface area contributed by atoms with E-state index >= 15 is 0 Å². The highest BCUT2D eigenvalue weighted by molar-refractivity contribution is 7.99. The van der Waals surface area contributed by atoms with Crippen LogP contribution in [0, 0.1) is 0 Å². The Morgan fingerprint density at radius 2 is 2.00 bits per heavy atom. The van der Waals surface area contributed by atoms with Crippen LogP contribution in [0.15, 0.2) is 24.3 Å². The lowest BCUT2D eigenvalue weighted by molar-refractivity contribution is 0.340. The summed E-state index contributed by atoms with van der Waals surface area (Å²) >= 11 is 1.58. The molecule has 0 spiro atoms. The van der Waals surface area contributed by atoms with Gasteiger partial charge in [0, 0.05) is 11.9 Å². The molecule has 0 atom stereocenters. The maximum atomic E-state index is 5.30. The lowest BCUT2D eigenvalue weighted by Crippen LogP contribution is -1.91. The summed E-state index contributed by atoms with van der Waals surface area (Å²) in [5.41, 5.74) is 1.10. The number of hydrogen-bond acceptors (Lipinski definition) is 3. The molecule has 0 aliphatic heterocycles. The van der Waals surface area contributed by atoms with E-state index in [4.69, 9.17) is 4.74 Å². The van der Waals surface area contributed by atoms with E-state index in [0.717, 1.165) is 18.0 Å². The van der Waals surface area contributed by atoms with Crippen LogP contribution in [0.3, 0.4) is 0 Å². The molecule has 0 heterocycles. The van der Waals surface area contributed by atoms with Gasteiger partial charge in [0.15, 0.2) is 0 Å². The second-order valence-electron chi connectivity index (χ2n) is 2.26. The molecular weight excluding hydrogens is 170 g/mol. The highest BCUT2D eigenvalue weighted by atomic mass is 32.2. The van der Waals surface area contributed by atoms with Crippen LogP contribution in [0.5, 0.6) is 5.75 Å². The fourth-order valence-corrected chi connectivity index (χ4v) is 1.28. The van der Waals surface area contributed by atoms with Gasteiger partial charge >= 0.3 is 0 Å². The van der Waals surface area contributed by atoms with E-state index in [0.29, 0.717) is 0 Å². The number of benzene rings is 1. The molecule has 0 amide bonds. The Morgan fingerprint density at radius 1 is 1.33 bits per heavy atom. The first-order valence-corrected chi connectivity index (χ1v) is 5.11. The lowest BCUT2D eigenvalue weighted by Gasteiger charge is -2.04. The summed E-state index contributed by atoms with van der Waals surface area (Å²) in [7, 11) is 0. The van der Waals surface area contributed by atoms with Gasteiger partial charge in [-0.25, -0.2) is 0 Å².